The van der Waals surface area contributed by atoms with Crippen molar-refractivity contribution >= 4 is 0 Å². The Morgan fingerprint density at radius 1 is 0.800 bits per heavy atom. The van der Waals surface area contributed by atoms with Gasteiger partial charge in [-0.2, -0.15) is 0 Å². The van der Waals surface area contributed by atoms with E-state index in [4.69, 9.17) is 1.37 Å². The average Bonchev–Trinajstić information content (AvgIpc) is 2.25. The van der Waals surface area contributed by atoms with E-state index in [1.165, 1.54) is 0 Å². The van der Waals surface area contributed by atoms with E-state index in [0.29, 0.717) is 6.04 Å². The molecule has 0 nitrogen and oxygen atoms in total. The summed E-state index contributed by atoms with van der Waals surface area (Å²) in [6.45, 7) is 0. The highest BCUT2D eigenvalue weighted by Gasteiger charge is 1.94. The van der Waals surface area contributed by atoms with Gasteiger partial charge in [-0.05, 0) is 11.1 Å². The maximum Gasteiger partial charge on any atom is 0.0629 e. The zero-order chi connectivity index (χ0) is 7.68. The van der Waals surface area contributed by atoms with Gasteiger partial charge in [0.1, 0.15) is 0 Å². The van der Waals surface area contributed by atoms with E-state index in [2.05, 4.69) is 0 Å². The third-order valence-electron chi connectivity index (χ3n) is 1.57. The summed E-state index contributed by atoms with van der Waals surface area (Å²) < 4.78 is 7.53. The fourth-order valence-electron chi connectivity index (χ4n) is 1.06. The molecule has 0 atom stereocenters. The number of hydrogen-bond donors (Lipinski definition) is 0. The predicted molar refractivity (Wildman–Crippen MR) is 43.1 cm³/mol. The molecule has 0 N–H and O–H groups in total. The summed E-state index contributed by atoms with van der Waals surface area (Å²) in [5.74, 6) is 0. The molecular weight excluding hydrogens is 120 g/mol. The molecule has 0 radical (unpaired) electrons. The molecule has 2 aliphatic rings. The SMILES string of the molecule is [3H]c1ccc2cccccc1-2. The van der Waals surface area contributed by atoms with Gasteiger partial charge in [-0.1, -0.05) is 48.5 Å². The Morgan fingerprint density at radius 2 is 1.50 bits per heavy atom. The van der Waals surface area contributed by atoms with Crippen LogP contribution in [0.4, 0.5) is 0 Å². The number of rotatable bonds is 0. The zero-order valence-electron chi connectivity index (χ0n) is 6.54. The molecule has 0 heterocycles. The molecule has 0 spiro atoms. The van der Waals surface area contributed by atoms with Crippen LogP contribution in [0.3, 0.4) is 0 Å². The minimum absolute atomic E-state index is 0.608. The molecule has 0 amide bonds. The van der Waals surface area contributed by atoms with Crippen LogP contribution in [0.15, 0.2) is 48.5 Å². The lowest BCUT2D eigenvalue weighted by Crippen LogP contribution is -1.59. The van der Waals surface area contributed by atoms with Gasteiger partial charge in [0, 0.05) is 0 Å². The van der Waals surface area contributed by atoms with E-state index >= 15 is 0 Å². The first-order valence-corrected chi connectivity index (χ1v) is 3.32. The third kappa shape index (κ3) is 0.781. The van der Waals surface area contributed by atoms with Gasteiger partial charge >= 0.3 is 0 Å². The average molecular weight is 130 g/mol. The summed E-state index contributed by atoms with van der Waals surface area (Å²) in [7, 11) is 0. The van der Waals surface area contributed by atoms with Gasteiger partial charge in [0.25, 0.3) is 0 Å². The molecular formula is C10H8. The molecule has 0 unspecified atom stereocenters. The van der Waals surface area contributed by atoms with E-state index in [1.807, 2.05) is 42.5 Å². The van der Waals surface area contributed by atoms with Crippen molar-refractivity contribution in [1.82, 2.24) is 0 Å². The molecule has 10 heavy (non-hydrogen) atoms. The van der Waals surface area contributed by atoms with Crippen LogP contribution in [0.1, 0.15) is 1.37 Å². The van der Waals surface area contributed by atoms with Crippen molar-refractivity contribution in [3.8, 4) is 11.1 Å². The van der Waals surface area contributed by atoms with E-state index < -0.39 is 0 Å². The van der Waals surface area contributed by atoms with Gasteiger partial charge in [0.15, 0.2) is 0 Å². The summed E-state index contributed by atoms with van der Waals surface area (Å²) in [6, 6.07) is 14.3. The molecule has 0 fully saturated rings. The van der Waals surface area contributed by atoms with Crippen LogP contribution < -0.4 is 0 Å². The van der Waals surface area contributed by atoms with Crippen LogP contribution in [0, 0.1) is 0 Å². The lowest BCUT2D eigenvalue weighted by Gasteiger charge is -1.85. The second kappa shape index (κ2) is 2.14. The Morgan fingerprint density at radius 3 is 2.40 bits per heavy atom. The van der Waals surface area contributed by atoms with E-state index in [1.54, 1.807) is 0 Å². The van der Waals surface area contributed by atoms with Gasteiger partial charge in [-0.15, -0.1) is 0 Å². The van der Waals surface area contributed by atoms with E-state index in [-0.39, 0.29) is 0 Å². The van der Waals surface area contributed by atoms with Crippen molar-refractivity contribution in [2.75, 3.05) is 0 Å². The van der Waals surface area contributed by atoms with Crippen molar-refractivity contribution in [2.45, 2.75) is 0 Å². The minimum Gasteiger partial charge on any atom is -0.0622 e. The van der Waals surface area contributed by atoms with Crippen molar-refractivity contribution < 1.29 is 1.37 Å². The molecule has 0 aromatic heterocycles. The lowest BCUT2D eigenvalue weighted by atomic mass is 10.2. The lowest BCUT2D eigenvalue weighted by molar-refractivity contribution is 1.84. The normalized spacial score (nSPS) is 11.4. The Kier molecular flexibility index (Phi) is 0.966. The highest BCUT2D eigenvalue weighted by Crippen LogP contribution is 2.19. The number of hydrogen-bond acceptors (Lipinski definition) is 0. The van der Waals surface area contributed by atoms with Crippen LogP contribution in [-0.4, -0.2) is 0 Å². The van der Waals surface area contributed by atoms with Crippen LogP contribution >= 0.6 is 0 Å². The standard InChI is InChI=1S/C10H8/c1-2-5-9-7-4-8-10(9)6-3-1/h1-8H/i7T. The van der Waals surface area contributed by atoms with Crippen LogP contribution in [0.5, 0.6) is 0 Å². The smallest absolute Gasteiger partial charge is 0.0622 e. The quantitative estimate of drug-likeness (QED) is 0.514. The molecule has 48 valence electrons. The summed E-state index contributed by atoms with van der Waals surface area (Å²) in [4.78, 5) is 0. The fourth-order valence-corrected chi connectivity index (χ4v) is 1.06. The minimum atomic E-state index is 0.608. The predicted octanol–water partition coefficient (Wildman–Crippen LogP) is 2.79. The van der Waals surface area contributed by atoms with Gasteiger partial charge in [-0.3, -0.25) is 0 Å². The van der Waals surface area contributed by atoms with E-state index in [9.17, 15) is 0 Å². The maximum atomic E-state index is 7.53. The summed E-state index contributed by atoms with van der Waals surface area (Å²) >= 11 is 0. The van der Waals surface area contributed by atoms with Gasteiger partial charge in [-0.25, -0.2) is 0 Å². The maximum absolute atomic E-state index is 7.53. The van der Waals surface area contributed by atoms with Crippen molar-refractivity contribution in [2.24, 2.45) is 0 Å². The Labute approximate surface area is 61.9 Å². The van der Waals surface area contributed by atoms with Crippen LogP contribution in [0.25, 0.3) is 11.1 Å². The van der Waals surface area contributed by atoms with Crippen LogP contribution in [-0.2, 0) is 0 Å². The van der Waals surface area contributed by atoms with Crippen molar-refractivity contribution in [3.63, 3.8) is 0 Å². The van der Waals surface area contributed by atoms with Gasteiger partial charge in [0.2, 0.25) is 0 Å². The summed E-state index contributed by atoms with van der Waals surface area (Å²) in [5, 5.41) is 0. The number of fused-ring (bicyclic) bond motifs is 1. The largest absolute Gasteiger partial charge is 0.0629 e. The highest BCUT2D eigenvalue weighted by atomic mass is 14.0. The molecule has 0 heteroatoms. The Bertz CT molecular complexity index is 341. The zero-order valence-corrected chi connectivity index (χ0v) is 5.54. The molecule has 0 aromatic rings. The second-order valence-electron chi connectivity index (χ2n) is 2.26. The molecule has 2 aliphatic carbocycles. The molecule has 0 saturated carbocycles. The molecule has 0 aromatic carbocycles. The molecule has 2 rings (SSSR count). The highest BCUT2D eigenvalue weighted by molar-refractivity contribution is 5.65. The van der Waals surface area contributed by atoms with Crippen molar-refractivity contribution in [3.05, 3.63) is 48.5 Å². The molecule has 0 aliphatic heterocycles. The summed E-state index contributed by atoms with van der Waals surface area (Å²) in [6.07, 6.45) is 0. The molecule has 0 saturated heterocycles. The van der Waals surface area contributed by atoms with Crippen molar-refractivity contribution in [1.29, 1.82) is 0 Å². The Hall–Kier alpha value is -1.30. The first kappa shape index (κ1) is 4.51. The molecule has 0 bridgehead atoms. The summed E-state index contributed by atoms with van der Waals surface area (Å²) in [5.41, 5.74) is 2.16. The topological polar surface area (TPSA) is 0 Å². The van der Waals surface area contributed by atoms with Gasteiger partial charge in [0.05, 0.1) is 1.37 Å². The first-order chi connectivity index (χ1) is 5.38. The van der Waals surface area contributed by atoms with Gasteiger partial charge < -0.3 is 0 Å². The van der Waals surface area contributed by atoms with E-state index in [0.717, 1.165) is 11.1 Å². The second-order valence-corrected chi connectivity index (χ2v) is 2.26. The fraction of sp³-hybridized carbons (Fsp3) is 0. The van der Waals surface area contributed by atoms with Crippen LogP contribution in [0.2, 0.25) is 0 Å². The monoisotopic (exact) mass is 130 g/mol. The first-order valence-electron chi connectivity index (χ1n) is 3.82. The Balaban J connectivity index is 2.75. The third-order valence-corrected chi connectivity index (χ3v) is 1.57.